The van der Waals surface area contributed by atoms with Gasteiger partial charge in [-0.15, -0.1) is 0 Å². The van der Waals surface area contributed by atoms with E-state index in [-0.39, 0.29) is 17.9 Å². The van der Waals surface area contributed by atoms with Gasteiger partial charge in [-0.2, -0.15) is 0 Å². The molecule has 2 N–H and O–H groups in total. The molecule has 0 amide bonds. The van der Waals surface area contributed by atoms with E-state index in [1.54, 1.807) is 30.3 Å². The molecule has 3 aromatic rings. The molecule has 0 atom stereocenters. The Bertz CT molecular complexity index is 1100. The molecular weight excluding hydrogens is 468 g/mol. The van der Waals surface area contributed by atoms with E-state index >= 15 is 0 Å². The van der Waals surface area contributed by atoms with Crippen LogP contribution in [-0.4, -0.2) is 23.1 Å². The lowest BCUT2D eigenvalue weighted by Crippen LogP contribution is -2.04. The Morgan fingerprint density at radius 3 is 2.52 bits per heavy atom. The van der Waals surface area contributed by atoms with Crippen molar-refractivity contribution in [2.24, 2.45) is 0 Å². The van der Waals surface area contributed by atoms with E-state index < -0.39 is 10.9 Å². The Kier molecular flexibility index (Phi) is 7.09. The number of halogens is 1. The minimum Gasteiger partial charge on any atom is -0.493 e. The van der Waals surface area contributed by atoms with Crippen LogP contribution < -0.4 is 14.8 Å². The van der Waals surface area contributed by atoms with Crippen LogP contribution in [0, 0.1) is 10.1 Å². The van der Waals surface area contributed by atoms with Crippen LogP contribution in [0.4, 0.5) is 11.4 Å². The SMILES string of the molecule is COc1cc(CNc2cccc(C(=O)O)c2)cc(Br)c1OCc1ccc([N+](=O)[O-])cc1. The summed E-state index contributed by atoms with van der Waals surface area (Å²) in [6, 6.07) is 16.4. The van der Waals surface area contributed by atoms with E-state index in [0.717, 1.165) is 11.1 Å². The van der Waals surface area contributed by atoms with Gasteiger partial charge in [-0.25, -0.2) is 4.79 Å². The van der Waals surface area contributed by atoms with Gasteiger partial charge in [0.05, 0.1) is 22.1 Å². The average Bonchev–Trinajstić information content (AvgIpc) is 2.77. The molecule has 0 fully saturated rings. The number of rotatable bonds is 9. The number of methoxy groups -OCH3 is 1. The van der Waals surface area contributed by atoms with Crippen molar-refractivity contribution in [2.45, 2.75) is 13.2 Å². The standard InChI is InChI=1S/C22H19BrN2O6/c1-30-20-10-15(12-24-17-4-2-3-16(11-17)22(26)27)9-19(23)21(20)31-13-14-5-7-18(8-6-14)25(28)29/h2-11,24H,12-13H2,1H3,(H,26,27). The summed E-state index contributed by atoms with van der Waals surface area (Å²) in [6.45, 7) is 0.660. The van der Waals surface area contributed by atoms with Crippen molar-refractivity contribution in [3.63, 3.8) is 0 Å². The summed E-state index contributed by atoms with van der Waals surface area (Å²) in [6.07, 6.45) is 0. The first-order valence-corrected chi connectivity index (χ1v) is 9.96. The van der Waals surface area contributed by atoms with Crippen LogP contribution in [0.2, 0.25) is 0 Å². The molecule has 0 saturated carbocycles. The Labute approximate surface area is 186 Å². The molecule has 3 rings (SSSR count). The number of aromatic carboxylic acids is 1. The van der Waals surface area contributed by atoms with Gasteiger partial charge in [0, 0.05) is 24.4 Å². The fourth-order valence-corrected chi connectivity index (χ4v) is 3.45. The smallest absolute Gasteiger partial charge is 0.335 e. The van der Waals surface area contributed by atoms with E-state index in [2.05, 4.69) is 21.2 Å². The molecule has 0 bridgehead atoms. The van der Waals surface area contributed by atoms with Crippen molar-refractivity contribution in [3.05, 3.63) is 91.9 Å². The number of anilines is 1. The van der Waals surface area contributed by atoms with Crippen LogP contribution in [-0.2, 0) is 13.2 Å². The molecule has 3 aromatic carbocycles. The maximum absolute atomic E-state index is 11.1. The van der Waals surface area contributed by atoms with E-state index in [9.17, 15) is 14.9 Å². The second-order valence-electron chi connectivity index (χ2n) is 6.56. The second-order valence-corrected chi connectivity index (χ2v) is 7.42. The minimum absolute atomic E-state index is 0.0215. The van der Waals surface area contributed by atoms with E-state index in [0.29, 0.717) is 28.2 Å². The summed E-state index contributed by atoms with van der Waals surface area (Å²) in [7, 11) is 1.54. The molecule has 9 heteroatoms. The Morgan fingerprint density at radius 1 is 1.13 bits per heavy atom. The number of hydrogen-bond donors (Lipinski definition) is 2. The first kappa shape index (κ1) is 22.1. The molecule has 0 aliphatic carbocycles. The molecule has 0 spiro atoms. The predicted octanol–water partition coefficient (Wildman–Crippen LogP) is 5.26. The van der Waals surface area contributed by atoms with Gasteiger partial charge >= 0.3 is 5.97 Å². The van der Waals surface area contributed by atoms with Crippen LogP contribution >= 0.6 is 15.9 Å². The average molecular weight is 487 g/mol. The van der Waals surface area contributed by atoms with E-state index in [1.165, 1.54) is 25.3 Å². The van der Waals surface area contributed by atoms with Crippen molar-refractivity contribution in [1.29, 1.82) is 0 Å². The van der Waals surface area contributed by atoms with Crippen molar-refractivity contribution in [2.75, 3.05) is 12.4 Å². The lowest BCUT2D eigenvalue weighted by Gasteiger charge is -2.15. The Hall–Kier alpha value is -3.59. The molecular formula is C22H19BrN2O6. The Balaban J connectivity index is 1.70. The number of hydrogen-bond acceptors (Lipinski definition) is 6. The number of benzene rings is 3. The van der Waals surface area contributed by atoms with Gasteiger partial charge < -0.3 is 19.9 Å². The largest absolute Gasteiger partial charge is 0.493 e. The first-order chi connectivity index (χ1) is 14.9. The molecule has 0 aliphatic rings. The van der Waals surface area contributed by atoms with Crippen LogP contribution in [0.15, 0.2) is 65.1 Å². The molecule has 0 aromatic heterocycles. The highest BCUT2D eigenvalue weighted by molar-refractivity contribution is 9.10. The third kappa shape index (κ3) is 5.73. The van der Waals surface area contributed by atoms with Gasteiger partial charge in [0.15, 0.2) is 11.5 Å². The number of ether oxygens (including phenoxy) is 2. The summed E-state index contributed by atoms with van der Waals surface area (Å²) in [4.78, 5) is 21.4. The topological polar surface area (TPSA) is 111 Å². The number of carboxylic acids is 1. The Morgan fingerprint density at radius 2 is 1.87 bits per heavy atom. The summed E-state index contributed by atoms with van der Waals surface area (Å²) in [5.74, 6) is 0.0486. The third-order valence-corrected chi connectivity index (χ3v) is 5.01. The lowest BCUT2D eigenvalue weighted by molar-refractivity contribution is -0.384. The zero-order valence-corrected chi connectivity index (χ0v) is 18.1. The molecule has 8 nitrogen and oxygen atoms in total. The van der Waals surface area contributed by atoms with Gasteiger partial charge in [-0.1, -0.05) is 6.07 Å². The van der Waals surface area contributed by atoms with Gasteiger partial charge in [-0.3, -0.25) is 10.1 Å². The minimum atomic E-state index is -0.984. The summed E-state index contributed by atoms with van der Waals surface area (Å²) in [5, 5.41) is 23.1. The van der Waals surface area contributed by atoms with Crippen molar-refractivity contribution in [1.82, 2.24) is 0 Å². The molecule has 0 saturated heterocycles. The molecule has 0 heterocycles. The lowest BCUT2D eigenvalue weighted by atomic mass is 10.1. The number of nitrogens with one attached hydrogen (secondary N) is 1. The quantitative estimate of drug-likeness (QED) is 0.313. The molecule has 0 radical (unpaired) electrons. The van der Waals surface area contributed by atoms with Crippen molar-refractivity contribution < 1.29 is 24.3 Å². The molecule has 31 heavy (non-hydrogen) atoms. The van der Waals surface area contributed by atoms with Gasteiger partial charge in [0.1, 0.15) is 6.61 Å². The molecule has 0 aliphatic heterocycles. The van der Waals surface area contributed by atoms with E-state index in [4.69, 9.17) is 14.6 Å². The highest BCUT2D eigenvalue weighted by Crippen LogP contribution is 2.37. The third-order valence-electron chi connectivity index (χ3n) is 4.43. The normalized spacial score (nSPS) is 10.4. The zero-order valence-electron chi connectivity index (χ0n) is 16.5. The number of non-ortho nitro benzene ring substituents is 1. The highest BCUT2D eigenvalue weighted by Gasteiger charge is 2.13. The number of nitro benzene ring substituents is 1. The molecule has 160 valence electrons. The maximum atomic E-state index is 11.1. The summed E-state index contributed by atoms with van der Waals surface area (Å²) >= 11 is 3.50. The van der Waals surface area contributed by atoms with Gasteiger partial charge in [0.2, 0.25) is 0 Å². The van der Waals surface area contributed by atoms with Gasteiger partial charge in [0.25, 0.3) is 5.69 Å². The van der Waals surface area contributed by atoms with Crippen molar-refractivity contribution in [3.8, 4) is 11.5 Å². The van der Waals surface area contributed by atoms with Gasteiger partial charge in [-0.05, 0) is 69.5 Å². The highest BCUT2D eigenvalue weighted by atomic mass is 79.9. The van der Waals surface area contributed by atoms with Crippen molar-refractivity contribution >= 4 is 33.3 Å². The monoisotopic (exact) mass is 486 g/mol. The maximum Gasteiger partial charge on any atom is 0.335 e. The summed E-state index contributed by atoms with van der Waals surface area (Å²) in [5.41, 5.74) is 2.59. The zero-order chi connectivity index (χ0) is 22.4. The van der Waals surface area contributed by atoms with Crippen LogP contribution in [0.25, 0.3) is 0 Å². The number of nitrogens with zero attached hydrogens (tertiary/aromatic N) is 1. The summed E-state index contributed by atoms with van der Waals surface area (Å²) < 4.78 is 12.0. The number of nitro groups is 1. The fraction of sp³-hybridized carbons (Fsp3) is 0.136. The van der Waals surface area contributed by atoms with E-state index in [1.807, 2.05) is 12.1 Å². The molecule has 0 unspecified atom stereocenters. The van der Waals surface area contributed by atoms with Crippen LogP contribution in [0.3, 0.4) is 0 Å². The number of carboxylic acid groups (broad SMARTS) is 1. The first-order valence-electron chi connectivity index (χ1n) is 9.17. The van der Waals surface area contributed by atoms with Crippen LogP contribution in [0.1, 0.15) is 21.5 Å². The van der Waals surface area contributed by atoms with Crippen LogP contribution in [0.5, 0.6) is 11.5 Å². The number of carbonyl (C=O) groups is 1. The second kappa shape index (κ2) is 9.94. The predicted molar refractivity (Wildman–Crippen MR) is 119 cm³/mol. The fourth-order valence-electron chi connectivity index (χ4n) is 2.85.